The summed E-state index contributed by atoms with van der Waals surface area (Å²) in [5.74, 6) is 0. The van der Waals surface area contributed by atoms with Gasteiger partial charge in [0.25, 0.3) is 0 Å². The molecule has 20 heavy (non-hydrogen) atoms. The lowest BCUT2D eigenvalue weighted by Crippen LogP contribution is -2.22. The van der Waals surface area contributed by atoms with Crippen LogP contribution >= 0.6 is 23.2 Å². The number of benzene rings is 2. The van der Waals surface area contributed by atoms with E-state index in [1.807, 2.05) is 30.3 Å². The molecule has 0 spiro atoms. The van der Waals surface area contributed by atoms with Gasteiger partial charge in [0.2, 0.25) is 0 Å². The molecular formula is C16H18Cl2N2. The van der Waals surface area contributed by atoms with Gasteiger partial charge in [-0.15, -0.1) is 0 Å². The van der Waals surface area contributed by atoms with Crippen molar-refractivity contribution in [2.24, 2.45) is 0 Å². The minimum Gasteiger partial charge on any atom is -0.398 e. The van der Waals surface area contributed by atoms with Gasteiger partial charge in [0.15, 0.2) is 0 Å². The van der Waals surface area contributed by atoms with Crippen molar-refractivity contribution in [2.45, 2.75) is 19.5 Å². The highest BCUT2D eigenvalue weighted by Gasteiger charge is 2.15. The number of hydrogen-bond acceptors (Lipinski definition) is 2. The molecule has 0 amide bonds. The maximum atomic E-state index is 6.25. The molecule has 0 aliphatic carbocycles. The highest BCUT2D eigenvalue weighted by atomic mass is 35.5. The topological polar surface area (TPSA) is 29.3 Å². The maximum absolute atomic E-state index is 6.25. The molecule has 0 fully saturated rings. The Kier molecular flexibility index (Phi) is 4.92. The van der Waals surface area contributed by atoms with E-state index < -0.39 is 0 Å². The SMILES string of the molecule is CC(c1ccccc1Cl)N(C)Cc1ccc(Cl)cc1N. The highest BCUT2D eigenvalue weighted by molar-refractivity contribution is 6.31. The van der Waals surface area contributed by atoms with Crippen molar-refractivity contribution in [3.05, 3.63) is 63.6 Å². The third-order valence-corrected chi connectivity index (χ3v) is 4.12. The fraction of sp³-hybridized carbons (Fsp3) is 0.250. The molecule has 0 aromatic heterocycles. The Morgan fingerprint density at radius 1 is 1.15 bits per heavy atom. The Bertz CT molecular complexity index is 599. The minimum absolute atomic E-state index is 0.207. The van der Waals surface area contributed by atoms with Gasteiger partial charge >= 0.3 is 0 Å². The minimum atomic E-state index is 0.207. The molecule has 0 bridgehead atoms. The second-order valence-electron chi connectivity index (χ2n) is 4.96. The number of anilines is 1. The molecule has 0 aliphatic heterocycles. The predicted molar refractivity (Wildman–Crippen MR) is 87.2 cm³/mol. The van der Waals surface area contributed by atoms with Crippen LogP contribution in [0.4, 0.5) is 5.69 Å². The van der Waals surface area contributed by atoms with E-state index in [-0.39, 0.29) is 6.04 Å². The van der Waals surface area contributed by atoms with Gasteiger partial charge in [0, 0.05) is 28.3 Å². The van der Waals surface area contributed by atoms with Crippen LogP contribution in [0.15, 0.2) is 42.5 Å². The molecule has 2 aromatic rings. The van der Waals surface area contributed by atoms with Crippen LogP contribution in [0.2, 0.25) is 10.0 Å². The number of nitrogens with two attached hydrogens (primary N) is 1. The molecule has 1 unspecified atom stereocenters. The molecule has 0 saturated heterocycles. The van der Waals surface area contributed by atoms with Crippen LogP contribution in [-0.4, -0.2) is 11.9 Å². The van der Waals surface area contributed by atoms with Gasteiger partial charge < -0.3 is 5.73 Å². The normalized spacial score (nSPS) is 12.7. The fourth-order valence-electron chi connectivity index (χ4n) is 2.17. The standard InChI is InChI=1S/C16H18Cl2N2/c1-11(14-5-3-4-6-15(14)18)20(2)10-12-7-8-13(17)9-16(12)19/h3-9,11H,10,19H2,1-2H3. The van der Waals surface area contributed by atoms with Gasteiger partial charge in [-0.25, -0.2) is 0 Å². The molecule has 4 heteroatoms. The summed E-state index contributed by atoms with van der Waals surface area (Å²) < 4.78 is 0. The van der Waals surface area contributed by atoms with Crippen molar-refractivity contribution in [3.8, 4) is 0 Å². The van der Waals surface area contributed by atoms with Gasteiger partial charge in [0.1, 0.15) is 0 Å². The van der Waals surface area contributed by atoms with Crippen LogP contribution in [0.25, 0.3) is 0 Å². The van der Waals surface area contributed by atoms with E-state index in [1.54, 1.807) is 6.07 Å². The molecule has 0 saturated carbocycles. The Labute approximate surface area is 130 Å². The zero-order chi connectivity index (χ0) is 14.7. The van der Waals surface area contributed by atoms with Crippen molar-refractivity contribution in [1.82, 2.24) is 4.90 Å². The lowest BCUT2D eigenvalue weighted by Gasteiger charge is -2.26. The third-order valence-electron chi connectivity index (χ3n) is 3.54. The Balaban J connectivity index is 2.15. The van der Waals surface area contributed by atoms with Crippen LogP contribution in [0.1, 0.15) is 24.1 Å². The lowest BCUT2D eigenvalue weighted by atomic mass is 10.1. The average molecular weight is 309 g/mol. The summed E-state index contributed by atoms with van der Waals surface area (Å²) in [6, 6.07) is 13.7. The first-order valence-corrected chi connectivity index (χ1v) is 7.23. The number of nitrogens with zero attached hydrogens (tertiary/aromatic N) is 1. The second-order valence-corrected chi connectivity index (χ2v) is 5.80. The van der Waals surface area contributed by atoms with Gasteiger partial charge in [-0.05, 0) is 43.3 Å². The molecule has 2 N–H and O–H groups in total. The molecule has 0 aliphatic rings. The molecule has 106 valence electrons. The Morgan fingerprint density at radius 3 is 2.50 bits per heavy atom. The van der Waals surface area contributed by atoms with Crippen molar-refractivity contribution in [3.63, 3.8) is 0 Å². The van der Waals surface area contributed by atoms with Crippen molar-refractivity contribution in [2.75, 3.05) is 12.8 Å². The first-order valence-electron chi connectivity index (χ1n) is 6.47. The van der Waals surface area contributed by atoms with E-state index in [0.717, 1.165) is 28.4 Å². The van der Waals surface area contributed by atoms with E-state index in [4.69, 9.17) is 28.9 Å². The van der Waals surface area contributed by atoms with Crippen LogP contribution in [0.5, 0.6) is 0 Å². The fourth-order valence-corrected chi connectivity index (χ4v) is 2.64. The maximum Gasteiger partial charge on any atom is 0.0453 e. The molecule has 2 rings (SSSR count). The number of halogens is 2. The summed E-state index contributed by atoms with van der Waals surface area (Å²) in [6.45, 7) is 2.88. The molecule has 2 nitrogen and oxygen atoms in total. The summed E-state index contributed by atoms with van der Waals surface area (Å²) in [4.78, 5) is 2.21. The first-order chi connectivity index (χ1) is 9.49. The summed E-state index contributed by atoms with van der Waals surface area (Å²) in [6.07, 6.45) is 0. The number of rotatable bonds is 4. The van der Waals surface area contributed by atoms with Crippen molar-refractivity contribution >= 4 is 28.9 Å². The number of hydrogen-bond donors (Lipinski definition) is 1. The van der Waals surface area contributed by atoms with E-state index >= 15 is 0 Å². The second kappa shape index (κ2) is 6.49. The summed E-state index contributed by atoms with van der Waals surface area (Å²) in [7, 11) is 2.06. The zero-order valence-corrected chi connectivity index (χ0v) is 13.1. The molecule has 0 heterocycles. The van der Waals surface area contributed by atoms with Crippen LogP contribution in [0.3, 0.4) is 0 Å². The van der Waals surface area contributed by atoms with Crippen molar-refractivity contribution < 1.29 is 0 Å². The van der Waals surface area contributed by atoms with E-state index in [0.29, 0.717) is 5.02 Å². The Hall–Kier alpha value is -1.22. The first kappa shape index (κ1) is 15.2. The van der Waals surface area contributed by atoms with Gasteiger partial charge in [0.05, 0.1) is 0 Å². The van der Waals surface area contributed by atoms with Crippen LogP contribution in [0, 0.1) is 0 Å². The lowest BCUT2D eigenvalue weighted by molar-refractivity contribution is 0.253. The van der Waals surface area contributed by atoms with E-state index in [2.05, 4.69) is 24.9 Å². The smallest absolute Gasteiger partial charge is 0.0453 e. The molecule has 2 aromatic carbocycles. The van der Waals surface area contributed by atoms with Crippen LogP contribution < -0.4 is 5.73 Å². The Morgan fingerprint density at radius 2 is 1.85 bits per heavy atom. The summed E-state index contributed by atoms with van der Waals surface area (Å²) >= 11 is 12.2. The van der Waals surface area contributed by atoms with Crippen molar-refractivity contribution in [1.29, 1.82) is 0 Å². The number of nitrogen functional groups attached to an aromatic ring is 1. The summed E-state index contributed by atoms with van der Waals surface area (Å²) in [5.41, 5.74) is 8.90. The van der Waals surface area contributed by atoms with E-state index in [1.165, 1.54) is 0 Å². The van der Waals surface area contributed by atoms with Crippen LogP contribution in [-0.2, 0) is 6.54 Å². The van der Waals surface area contributed by atoms with Gasteiger partial charge in [-0.2, -0.15) is 0 Å². The monoisotopic (exact) mass is 308 g/mol. The molecular weight excluding hydrogens is 291 g/mol. The van der Waals surface area contributed by atoms with Gasteiger partial charge in [-0.1, -0.05) is 47.5 Å². The predicted octanol–water partition coefficient (Wildman–Crippen LogP) is 4.77. The van der Waals surface area contributed by atoms with E-state index in [9.17, 15) is 0 Å². The third kappa shape index (κ3) is 3.45. The van der Waals surface area contributed by atoms with Gasteiger partial charge in [-0.3, -0.25) is 4.90 Å². The average Bonchev–Trinajstić information content (AvgIpc) is 2.41. The molecule has 1 atom stereocenters. The highest BCUT2D eigenvalue weighted by Crippen LogP contribution is 2.28. The zero-order valence-electron chi connectivity index (χ0n) is 11.6. The quantitative estimate of drug-likeness (QED) is 0.824. The largest absolute Gasteiger partial charge is 0.398 e. The molecule has 0 radical (unpaired) electrons. The summed E-state index contributed by atoms with van der Waals surface area (Å²) in [5, 5.41) is 1.45.